The summed E-state index contributed by atoms with van der Waals surface area (Å²) in [6.45, 7) is 2.13. The van der Waals surface area contributed by atoms with Crippen molar-refractivity contribution < 1.29 is 9.59 Å². The van der Waals surface area contributed by atoms with Crippen molar-refractivity contribution >= 4 is 54.7 Å². The van der Waals surface area contributed by atoms with Gasteiger partial charge in [0.2, 0.25) is 0 Å². The highest BCUT2D eigenvalue weighted by atomic mass is 16.1. The molecule has 26 heavy (non-hydrogen) atoms. The first-order chi connectivity index (χ1) is 12.6. The molecule has 0 aliphatic heterocycles. The molecule has 0 radical (unpaired) electrons. The molecule has 0 fully saturated rings. The van der Waals surface area contributed by atoms with E-state index in [9.17, 15) is 9.59 Å². The van der Waals surface area contributed by atoms with Gasteiger partial charge in [-0.2, -0.15) is 0 Å². The van der Waals surface area contributed by atoms with Crippen LogP contribution in [0.4, 0.5) is 0 Å². The Balaban J connectivity index is 2.02. The number of rotatable bonds is 0. The van der Waals surface area contributed by atoms with E-state index in [1.807, 2.05) is 12.1 Å². The summed E-state index contributed by atoms with van der Waals surface area (Å²) in [4.78, 5) is 24.9. The van der Waals surface area contributed by atoms with Crippen LogP contribution < -0.4 is 0 Å². The van der Waals surface area contributed by atoms with Gasteiger partial charge in [-0.25, -0.2) is 0 Å². The fraction of sp³-hybridized carbons (Fsp3) is 0.0833. The SMILES string of the molecule is Cc1ccc2c3ccc4c5c(ccc(c6cccc1c62)c53)C(=O)CC4=O. The zero-order valence-electron chi connectivity index (χ0n) is 14.2. The van der Waals surface area contributed by atoms with E-state index in [0.717, 1.165) is 21.5 Å². The van der Waals surface area contributed by atoms with Gasteiger partial charge in [-0.05, 0) is 50.2 Å². The zero-order chi connectivity index (χ0) is 17.6. The molecule has 2 heteroatoms. The Hall–Kier alpha value is -3.26. The number of hydrogen-bond donors (Lipinski definition) is 0. The standard InChI is InChI=1S/C24H14O2/c1-12-5-6-15-17-8-10-19-21(26)11-20(25)18-9-7-16(23(17)24(18)19)14-4-2-3-13(12)22(14)15/h2-10H,11H2,1H3. The Morgan fingerprint density at radius 2 is 1.12 bits per heavy atom. The second-order valence-electron chi connectivity index (χ2n) is 7.25. The summed E-state index contributed by atoms with van der Waals surface area (Å²) in [7, 11) is 0. The van der Waals surface area contributed by atoms with Gasteiger partial charge in [0.05, 0.1) is 6.42 Å². The minimum absolute atomic E-state index is 0.0217. The van der Waals surface area contributed by atoms with Crippen molar-refractivity contribution in [2.24, 2.45) is 0 Å². The molecule has 1 aliphatic rings. The predicted octanol–water partition coefficient (Wildman–Crippen LogP) is 5.81. The van der Waals surface area contributed by atoms with Gasteiger partial charge >= 0.3 is 0 Å². The average Bonchev–Trinajstić information content (AvgIpc) is 2.66. The minimum Gasteiger partial charge on any atom is -0.294 e. The fourth-order valence-corrected chi connectivity index (χ4v) is 4.75. The molecule has 0 bridgehead atoms. The van der Waals surface area contributed by atoms with Gasteiger partial charge in [0.1, 0.15) is 0 Å². The summed E-state index contributed by atoms with van der Waals surface area (Å²) in [6.07, 6.45) is -0.0217. The van der Waals surface area contributed by atoms with Crippen molar-refractivity contribution in [3.63, 3.8) is 0 Å². The van der Waals surface area contributed by atoms with Gasteiger partial charge in [0.15, 0.2) is 11.6 Å². The Morgan fingerprint density at radius 3 is 1.81 bits per heavy atom. The van der Waals surface area contributed by atoms with Gasteiger partial charge in [-0.3, -0.25) is 9.59 Å². The van der Waals surface area contributed by atoms with Crippen LogP contribution in [0, 0.1) is 6.92 Å². The molecule has 0 amide bonds. The summed E-state index contributed by atoms with van der Waals surface area (Å²) >= 11 is 0. The van der Waals surface area contributed by atoms with E-state index in [1.54, 1.807) is 0 Å². The molecule has 122 valence electrons. The molecule has 0 spiro atoms. The van der Waals surface area contributed by atoms with E-state index in [2.05, 4.69) is 49.4 Å². The largest absolute Gasteiger partial charge is 0.294 e. The maximum atomic E-state index is 12.5. The van der Waals surface area contributed by atoms with Crippen molar-refractivity contribution in [2.75, 3.05) is 0 Å². The van der Waals surface area contributed by atoms with Crippen LogP contribution in [0.1, 0.15) is 32.7 Å². The van der Waals surface area contributed by atoms with E-state index in [-0.39, 0.29) is 18.0 Å². The lowest BCUT2D eigenvalue weighted by molar-refractivity contribution is 0.0890. The first-order valence-electron chi connectivity index (χ1n) is 8.84. The Kier molecular flexibility index (Phi) is 2.40. The second-order valence-corrected chi connectivity index (χ2v) is 7.25. The highest BCUT2D eigenvalue weighted by Crippen LogP contribution is 2.44. The zero-order valence-corrected chi connectivity index (χ0v) is 14.2. The summed E-state index contributed by atoms with van der Waals surface area (Å²) in [6, 6.07) is 18.6. The molecular formula is C24H14O2. The summed E-state index contributed by atoms with van der Waals surface area (Å²) in [5, 5.41) is 9.00. The molecule has 0 heterocycles. The van der Waals surface area contributed by atoms with Crippen molar-refractivity contribution in [3.8, 4) is 0 Å². The van der Waals surface area contributed by atoms with Crippen LogP contribution in [-0.2, 0) is 0 Å². The number of aryl methyl sites for hydroxylation is 1. The average molecular weight is 334 g/mol. The van der Waals surface area contributed by atoms with Crippen LogP contribution in [0.5, 0.6) is 0 Å². The Morgan fingerprint density at radius 1 is 0.577 bits per heavy atom. The summed E-state index contributed by atoms with van der Waals surface area (Å²) < 4.78 is 0. The molecule has 1 aliphatic carbocycles. The van der Waals surface area contributed by atoms with Crippen molar-refractivity contribution in [1.82, 2.24) is 0 Å². The fourth-order valence-electron chi connectivity index (χ4n) is 4.75. The van der Waals surface area contributed by atoms with Gasteiger partial charge in [0.25, 0.3) is 0 Å². The lowest BCUT2D eigenvalue weighted by Crippen LogP contribution is -2.16. The first kappa shape index (κ1) is 14.0. The molecule has 6 rings (SSSR count). The van der Waals surface area contributed by atoms with Crippen LogP contribution in [0.25, 0.3) is 43.1 Å². The second kappa shape index (κ2) is 4.47. The topological polar surface area (TPSA) is 34.1 Å². The van der Waals surface area contributed by atoms with Crippen LogP contribution in [0.3, 0.4) is 0 Å². The monoisotopic (exact) mass is 334 g/mol. The maximum Gasteiger partial charge on any atom is 0.171 e. The van der Waals surface area contributed by atoms with E-state index >= 15 is 0 Å². The quantitative estimate of drug-likeness (QED) is 0.203. The molecule has 0 unspecified atom stereocenters. The number of fused-ring (bicyclic) bond motifs is 2. The van der Waals surface area contributed by atoms with Crippen LogP contribution >= 0.6 is 0 Å². The van der Waals surface area contributed by atoms with Gasteiger partial charge in [-0.15, -0.1) is 0 Å². The van der Waals surface area contributed by atoms with Gasteiger partial charge in [0, 0.05) is 16.5 Å². The highest BCUT2D eigenvalue weighted by Gasteiger charge is 2.27. The molecule has 0 saturated heterocycles. The highest BCUT2D eigenvalue weighted by molar-refractivity contribution is 6.39. The number of hydrogen-bond acceptors (Lipinski definition) is 2. The normalized spacial score (nSPS) is 14.3. The van der Waals surface area contributed by atoms with E-state index in [1.165, 1.54) is 27.1 Å². The number of benzene rings is 5. The van der Waals surface area contributed by atoms with E-state index in [4.69, 9.17) is 0 Å². The molecule has 2 nitrogen and oxygen atoms in total. The lowest BCUT2D eigenvalue weighted by atomic mass is 9.81. The third kappa shape index (κ3) is 1.49. The third-order valence-corrected chi connectivity index (χ3v) is 5.92. The number of carbonyl (C=O) groups is 2. The molecule has 0 saturated carbocycles. The van der Waals surface area contributed by atoms with Crippen molar-refractivity contribution in [3.05, 3.63) is 71.3 Å². The smallest absolute Gasteiger partial charge is 0.171 e. The number of carbonyl (C=O) groups excluding carboxylic acids is 2. The van der Waals surface area contributed by atoms with Crippen LogP contribution in [0.15, 0.2) is 54.6 Å². The predicted molar refractivity (Wildman–Crippen MR) is 106 cm³/mol. The van der Waals surface area contributed by atoms with E-state index < -0.39 is 0 Å². The molecule has 0 aromatic heterocycles. The third-order valence-electron chi connectivity index (χ3n) is 5.92. The van der Waals surface area contributed by atoms with Crippen LogP contribution in [0.2, 0.25) is 0 Å². The summed E-state index contributed by atoms with van der Waals surface area (Å²) in [5.41, 5.74) is 2.62. The summed E-state index contributed by atoms with van der Waals surface area (Å²) in [5.74, 6) is -0.141. The van der Waals surface area contributed by atoms with Gasteiger partial charge < -0.3 is 0 Å². The van der Waals surface area contributed by atoms with Crippen molar-refractivity contribution in [1.29, 1.82) is 0 Å². The Bertz CT molecular complexity index is 1370. The molecule has 0 atom stereocenters. The van der Waals surface area contributed by atoms with Crippen LogP contribution in [-0.4, -0.2) is 11.6 Å². The maximum absolute atomic E-state index is 12.5. The number of ketones is 2. The number of Topliss-reactive ketones (excluding diaryl/α,β-unsaturated/α-hetero) is 2. The molecule has 5 aromatic carbocycles. The lowest BCUT2D eigenvalue weighted by Gasteiger charge is -2.20. The van der Waals surface area contributed by atoms with Gasteiger partial charge in [-0.1, -0.05) is 54.6 Å². The molecular weight excluding hydrogens is 320 g/mol. The van der Waals surface area contributed by atoms with E-state index in [0.29, 0.717) is 11.1 Å². The first-order valence-corrected chi connectivity index (χ1v) is 8.84. The minimum atomic E-state index is -0.0703. The van der Waals surface area contributed by atoms with Crippen molar-refractivity contribution in [2.45, 2.75) is 13.3 Å². The molecule has 0 N–H and O–H groups in total. The molecule has 5 aromatic rings. The Labute approximate surface area is 149 Å².